The molecule has 1 saturated heterocycles. The Bertz CT molecular complexity index is 818. The van der Waals surface area contributed by atoms with E-state index in [1.54, 1.807) is 0 Å². The number of amides is 1. The molecule has 3 rings (SSSR count). The molecule has 1 heterocycles. The Morgan fingerprint density at radius 1 is 1.11 bits per heavy atom. The van der Waals surface area contributed by atoms with Crippen LogP contribution in [0.5, 0.6) is 0 Å². The summed E-state index contributed by atoms with van der Waals surface area (Å²) in [6, 6.07) is 8.41. The summed E-state index contributed by atoms with van der Waals surface area (Å²) in [6.45, 7) is 2.73. The molecule has 1 aliphatic rings. The third kappa shape index (κ3) is 4.40. The first-order valence-electron chi connectivity index (χ1n) is 8.80. The lowest BCUT2D eigenvalue weighted by Gasteiger charge is -2.36. The normalized spacial score (nSPS) is 17.7. The van der Waals surface area contributed by atoms with Crippen molar-refractivity contribution in [2.45, 2.75) is 38.4 Å². The Labute approximate surface area is 155 Å². The highest BCUT2D eigenvalue weighted by Gasteiger charge is 2.32. The zero-order chi connectivity index (χ0) is 19.6. The Balaban J connectivity index is 1.96. The van der Waals surface area contributed by atoms with E-state index in [-0.39, 0.29) is 17.3 Å². The molecule has 3 nitrogen and oxygen atoms in total. The summed E-state index contributed by atoms with van der Waals surface area (Å²) in [5.74, 6) is -1.08. The first-order valence-corrected chi connectivity index (χ1v) is 8.80. The molecule has 0 spiro atoms. The Morgan fingerprint density at radius 2 is 1.81 bits per heavy atom. The van der Waals surface area contributed by atoms with E-state index >= 15 is 0 Å². The lowest BCUT2D eigenvalue weighted by molar-refractivity contribution is -0.137. The van der Waals surface area contributed by atoms with Crippen molar-refractivity contribution < 1.29 is 22.4 Å². The minimum Gasteiger partial charge on any atom is -0.367 e. The third-order valence-corrected chi connectivity index (χ3v) is 4.79. The highest BCUT2D eigenvalue weighted by Crippen LogP contribution is 2.37. The van der Waals surface area contributed by atoms with Gasteiger partial charge in [0.1, 0.15) is 5.82 Å². The highest BCUT2D eigenvalue weighted by atomic mass is 19.4. The number of anilines is 2. The molecule has 0 saturated carbocycles. The number of rotatable bonds is 3. The van der Waals surface area contributed by atoms with E-state index in [4.69, 9.17) is 0 Å². The van der Waals surface area contributed by atoms with Crippen LogP contribution in [0.2, 0.25) is 0 Å². The molecule has 1 unspecified atom stereocenters. The molecule has 0 radical (unpaired) electrons. The number of benzene rings is 2. The van der Waals surface area contributed by atoms with Gasteiger partial charge in [-0.3, -0.25) is 4.79 Å². The van der Waals surface area contributed by atoms with Crippen molar-refractivity contribution in [2.24, 2.45) is 0 Å². The van der Waals surface area contributed by atoms with E-state index in [1.165, 1.54) is 18.2 Å². The van der Waals surface area contributed by atoms with Crippen LogP contribution in [-0.4, -0.2) is 18.5 Å². The number of alkyl halides is 3. The summed E-state index contributed by atoms with van der Waals surface area (Å²) in [5, 5.41) is 2.57. The summed E-state index contributed by atoms with van der Waals surface area (Å²) < 4.78 is 52.5. The van der Waals surface area contributed by atoms with Gasteiger partial charge in [-0.1, -0.05) is 0 Å². The number of piperidine rings is 1. The molecule has 0 aliphatic carbocycles. The first kappa shape index (κ1) is 19.2. The minimum absolute atomic E-state index is 0.105. The molecule has 144 valence electrons. The average Bonchev–Trinajstić information content (AvgIpc) is 2.62. The van der Waals surface area contributed by atoms with Gasteiger partial charge in [-0.05, 0) is 68.7 Å². The van der Waals surface area contributed by atoms with Gasteiger partial charge >= 0.3 is 6.18 Å². The quantitative estimate of drug-likeness (QED) is 0.716. The van der Waals surface area contributed by atoms with Crippen molar-refractivity contribution in [1.82, 2.24) is 0 Å². The van der Waals surface area contributed by atoms with Crippen molar-refractivity contribution in [3.63, 3.8) is 0 Å². The van der Waals surface area contributed by atoms with Crippen LogP contribution in [0, 0.1) is 5.82 Å². The molecular weight excluding hydrogens is 360 g/mol. The first-order chi connectivity index (χ1) is 12.8. The van der Waals surface area contributed by atoms with Crippen LogP contribution in [-0.2, 0) is 6.18 Å². The molecule has 1 aliphatic heterocycles. The molecule has 2 aromatic rings. The fourth-order valence-electron chi connectivity index (χ4n) is 3.31. The zero-order valence-corrected chi connectivity index (χ0v) is 14.8. The molecule has 1 fully saturated rings. The second-order valence-corrected chi connectivity index (χ2v) is 6.73. The van der Waals surface area contributed by atoms with Gasteiger partial charge in [0.05, 0.1) is 16.9 Å². The van der Waals surface area contributed by atoms with Gasteiger partial charge in [-0.25, -0.2) is 4.39 Å². The van der Waals surface area contributed by atoms with Gasteiger partial charge in [-0.2, -0.15) is 13.2 Å². The number of nitrogens with one attached hydrogen (secondary N) is 1. The Kier molecular flexibility index (Phi) is 5.39. The lowest BCUT2D eigenvalue weighted by Crippen LogP contribution is -2.38. The molecule has 27 heavy (non-hydrogen) atoms. The van der Waals surface area contributed by atoms with Crippen LogP contribution >= 0.6 is 0 Å². The van der Waals surface area contributed by atoms with Crippen LogP contribution in [0.15, 0.2) is 42.5 Å². The summed E-state index contributed by atoms with van der Waals surface area (Å²) in [6.07, 6.45) is -1.57. The third-order valence-electron chi connectivity index (χ3n) is 4.79. The molecule has 1 N–H and O–H groups in total. The highest BCUT2D eigenvalue weighted by molar-refractivity contribution is 6.06. The van der Waals surface area contributed by atoms with Crippen molar-refractivity contribution in [1.29, 1.82) is 0 Å². The Hall–Kier alpha value is -2.57. The smallest absolute Gasteiger partial charge is 0.367 e. The molecule has 1 amide bonds. The summed E-state index contributed by atoms with van der Waals surface area (Å²) in [4.78, 5) is 14.5. The van der Waals surface area contributed by atoms with E-state index in [0.29, 0.717) is 12.2 Å². The van der Waals surface area contributed by atoms with E-state index in [0.717, 1.165) is 43.5 Å². The van der Waals surface area contributed by atoms with Gasteiger partial charge in [0.2, 0.25) is 0 Å². The second kappa shape index (κ2) is 7.58. The number of nitrogens with zero attached hydrogens (tertiary/aromatic N) is 1. The van der Waals surface area contributed by atoms with Crippen molar-refractivity contribution in [2.75, 3.05) is 16.8 Å². The van der Waals surface area contributed by atoms with E-state index in [9.17, 15) is 22.4 Å². The van der Waals surface area contributed by atoms with Gasteiger partial charge in [0.15, 0.2) is 0 Å². The van der Waals surface area contributed by atoms with Crippen molar-refractivity contribution in [3.05, 3.63) is 59.4 Å². The molecule has 0 aromatic heterocycles. The van der Waals surface area contributed by atoms with Gasteiger partial charge in [0.25, 0.3) is 5.91 Å². The molecule has 1 atom stereocenters. The number of halogens is 4. The second-order valence-electron chi connectivity index (χ2n) is 6.73. The van der Waals surface area contributed by atoms with Crippen LogP contribution in [0.3, 0.4) is 0 Å². The SMILES string of the molecule is CC1CCCCN1c1ccc(C(F)(F)F)cc1NC(=O)c1ccc(F)cc1. The maximum atomic E-state index is 13.2. The van der Waals surface area contributed by atoms with Gasteiger partial charge in [-0.15, -0.1) is 0 Å². The minimum atomic E-state index is -4.51. The zero-order valence-electron chi connectivity index (χ0n) is 14.8. The number of hydrogen-bond donors (Lipinski definition) is 1. The van der Waals surface area contributed by atoms with Gasteiger partial charge < -0.3 is 10.2 Å². The predicted octanol–water partition coefficient (Wildman–Crippen LogP) is 5.48. The van der Waals surface area contributed by atoms with Crippen LogP contribution in [0.1, 0.15) is 42.1 Å². The fourth-order valence-corrected chi connectivity index (χ4v) is 3.31. The monoisotopic (exact) mass is 380 g/mol. The van der Waals surface area contributed by atoms with Gasteiger partial charge in [0, 0.05) is 18.2 Å². The molecule has 2 aromatic carbocycles. The molecule has 0 bridgehead atoms. The topological polar surface area (TPSA) is 32.3 Å². The number of hydrogen-bond acceptors (Lipinski definition) is 2. The number of carbonyl (C=O) groups is 1. The molecular formula is C20H20F4N2O. The summed E-state index contributed by atoms with van der Waals surface area (Å²) >= 11 is 0. The van der Waals surface area contributed by atoms with E-state index in [1.807, 2.05) is 11.8 Å². The predicted molar refractivity (Wildman–Crippen MR) is 96.5 cm³/mol. The van der Waals surface area contributed by atoms with Crippen molar-refractivity contribution >= 4 is 17.3 Å². The average molecular weight is 380 g/mol. The lowest BCUT2D eigenvalue weighted by atomic mass is 10.0. The van der Waals surface area contributed by atoms with Crippen LogP contribution < -0.4 is 10.2 Å². The summed E-state index contributed by atoms with van der Waals surface area (Å²) in [7, 11) is 0. The van der Waals surface area contributed by atoms with E-state index < -0.39 is 23.5 Å². The van der Waals surface area contributed by atoms with Crippen molar-refractivity contribution in [3.8, 4) is 0 Å². The van der Waals surface area contributed by atoms with Crippen LogP contribution in [0.4, 0.5) is 28.9 Å². The number of carbonyl (C=O) groups excluding carboxylic acids is 1. The largest absolute Gasteiger partial charge is 0.416 e. The standard InChI is InChI=1S/C20H20F4N2O/c1-13-4-2-3-11-26(13)18-10-7-15(20(22,23)24)12-17(18)25-19(27)14-5-8-16(21)9-6-14/h5-10,12-13H,2-4,11H2,1H3,(H,25,27). The maximum absolute atomic E-state index is 13.2. The van der Waals surface area contributed by atoms with Crippen LogP contribution in [0.25, 0.3) is 0 Å². The molecule has 7 heteroatoms. The Morgan fingerprint density at radius 3 is 2.44 bits per heavy atom. The summed E-state index contributed by atoms with van der Waals surface area (Å²) in [5.41, 5.74) is 0.00957. The fraction of sp³-hybridized carbons (Fsp3) is 0.350. The van der Waals surface area contributed by atoms with E-state index in [2.05, 4.69) is 5.32 Å². The maximum Gasteiger partial charge on any atom is 0.416 e.